The van der Waals surface area contributed by atoms with Gasteiger partial charge in [0, 0.05) is 11.3 Å². The van der Waals surface area contributed by atoms with Crippen molar-refractivity contribution in [1.82, 2.24) is 10.2 Å². The molecule has 1 unspecified atom stereocenters. The summed E-state index contributed by atoms with van der Waals surface area (Å²) in [6.45, 7) is 2.11. The molecule has 0 saturated heterocycles. The molecule has 1 atom stereocenters. The maximum atomic E-state index is 14.0. The monoisotopic (exact) mass is 486 g/mol. The Hall–Kier alpha value is -4.18. The van der Waals surface area contributed by atoms with Crippen LogP contribution in [0.25, 0.3) is 38.4 Å². The van der Waals surface area contributed by atoms with E-state index in [2.05, 4.69) is 60.6 Å². The van der Waals surface area contributed by atoms with Gasteiger partial charge in [0.15, 0.2) is 11.6 Å². The fourth-order valence-corrected chi connectivity index (χ4v) is 6.16. The molecule has 0 N–H and O–H groups in total. The van der Waals surface area contributed by atoms with E-state index in [9.17, 15) is 8.78 Å². The number of halogens is 2. The minimum atomic E-state index is -0.831. The number of benzene rings is 4. The van der Waals surface area contributed by atoms with Gasteiger partial charge in [-0.15, -0.1) is 0 Å². The first-order chi connectivity index (χ1) is 18.1. The van der Waals surface area contributed by atoms with E-state index in [1.807, 2.05) is 18.2 Å². The van der Waals surface area contributed by atoms with E-state index in [1.165, 1.54) is 39.8 Å². The van der Waals surface area contributed by atoms with Gasteiger partial charge in [0.2, 0.25) is 0 Å². The minimum Gasteiger partial charge on any atom is -0.204 e. The molecule has 37 heavy (non-hydrogen) atoms. The summed E-state index contributed by atoms with van der Waals surface area (Å²) in [7, 11) is 0. The van der Waals surface area contributed by atoms with Crippen LogP contribution >= 0.6 is 0 Å². The zero-order valence-corrected chi connectivity index (χ0v) is 20.4. The van der Waals surface area contributed by atoms with Crippen LogP contribution in [-0.2, 0) is 6.42 Å². The molecule has 2 aliphatic rings. The molecule has 4 heteroatoms. The van der Waals surface area contributed by atoms with Crippen molar-refractivity contribution >= 4 is 27.2 Å². The Bertz CT molecular complexity index is 1800. The second kappa shape index (κ2) is 8.45. The smallest absolute Gasteiger partial charge is 0.159 e. The lowest BCUT2D eigenvalue weighted by Gasteiger charge is -2.32. The molecule has 0 saturated carbocycles. The first-order valence-corrected chi connectivity index (χ1v) is 12.7. The van der Waals surface area contributed by atoms with Crippen LogP contribution in [0.15, 0.2) is 90.5 Å². The van der Waals surface area contributed by atoms with Gasteiger partial charge in [0.1, 0.15) is 0 Å². The van der Waals surface area contributed by atoms with Crippen LogP contribution in [0.1, 0.15) is 41.1 Å². The molecule has 0 bridgehead atoms. The molecule has 4 aromatic carbocycles. The predicted molar refractivity (Wildman–Crippen MR) is 145 cm³/mol. The predicted octanol–water partition coefficient (Wildman–Crippen LogP) is 8.48. The molecule has 180 valence electrons. The number of fused-ring (bicyclic) bond motifs is 5. The van der Waals surface area contributed by atoms with E-state index in [0.29, 0.717) is 5.56 Å². The molecule has 0 aliphatic heterocycles. The summed E-state index contributed by atoms with van der Waals surface area (Å²) < 4.78 is 27.5. The fourth-order valence-electron chi connectivity index (χ4n) is 6.16. The van der Waals surface area contributed by atoms with Gasteiger partial charge in [-0.05, 0) is 101 Å². The average Bonchev–Trinajstić information content (AvgIpc) is 2.93. The van der Waals surface area contributed by atoms with Crippen LogP contribution < -0.4 is 0 Å². The average molecular weight is 487 g/mol. The van der Waals surface area contributed by atoms with E-state index >= 15 is 0 Å². The number of hydrogen-bond acceptors (Lipinski definition) is 2. The quantitative estimate of drug-likeness (QED) is 0.250. The molecule has 2 nitrogen and oxygen atoms in total. The number of aryl methyl sites for hydroxylation is 1. The van der Waals surface area contributed by atoms with Crippen LogP contribution in [0, 0.1) is 18.6 Å². The Morgan fingerprint density at radius 1 is 0.811 bits per heavy atom. The zero-order valence-electron chi connectivity index (χ0n) is 20.4. The summed E-state index contributed by atoms with van der Waals surface area (Å²) in [6, 6.07) is 23.0. The second-order valence-corrected chi connectivity index (χ2v) is 10.1. The van der Waals surface area contributed by atoms with Crippen LogP contribution in [0.4, 0.5) is 8.78 Å². The van der Waals surface area contributed by atoms with E-state index in [4.69, 9.17) is 5.10 Å². The third-order valence-corrected chi connectivity index (χ3v) is 7.88. The van der Waals surface area contributed by atoms with Crippen molar-refractivity contribution in [3.63, 3.8) is 0 Å². The second-order valence-electron chi connectivity index (χ2n) is 10.1. The van der Waals surface area contributed by atoms with E-state index < -0.39 is 11.6 Å². The molecule has 0 spiro atoms. The lowest BCUT2D eigenvalue weighted by Crippen LogP contribution is -2.18. The summed E-state index contributed by atoms with van der Waals surface area (Å²) in [6.07, 6.45) is 7.46. The molecule has 7 rings (SSSR count). The van der Waals surface area contributed by atoms with Crippen molar-refractivity contribution in [2.75, 3.05) is 0 Å². The molecule has 0 fully saturated rings. The standard InChI is InChI=1S/C33H24F2N2/c1-19-14-23(20-11-13-29(34)30(35)16-20)15-22-10-12-26-24-7-3-4-8-25(24)27(18-28(26)33(19)22)32-17-21-6-2-5-9-31(21)36-37-32/h2-3,5-7,9-17,27H,4,8,18H2,1H3. The molecule has 0 radical (unpaired) electrons. The summed E-state index contributed by atoms with van der Waals surface area (Å²) in [5, 5.41) is 12.7. The van der Waals surface area contributed by atoms with Crippen LogP contribution in [0.2, 0.25) is 0 Å². The minimum absolute atomic E-state index is 0.167. The Kier molecular flexibility index (Phi) is 5.03. The summed E-state index contributed by atoms with van der Waals surface area (Å²) in [4.78, 5) is 0. The van der Waals surface area contributed by atoms with Gasteiger partial charge < -0.3 is 0 Å². The summed E-state index contributed by atoms with van der Waals surface area (Å²) in [5.74, 6) is -1.49. The van der Waals surface area contributed by atoms with Crippen molar-refractivity contribution < 1.29 is 8.78 Å². The van der Waals surface area contributed by atoms with E-state index in [0.717, 1.165) is 52.4 Å². The van der Waals surface area contributed by atoms with Gasteiger partial charge in [-0.1, -0.05) is 60.2 Å². The number of aromatic nitrogens is 2. The Morgan fingerprint density at radius 3 is 2.59 bits per heavy atom. The highest BCUT2D eigenvalue weighted by molar-refractivity contribution is 5.98. The van der Waals surface area contributed by atoms with Gasteiger partial charge in [-0.3, -0.25) is 0 Å². The number of nitrogens with zero attached hydrogens (tertiary/aromatic N) is 2. The van der Waals surface area contributed by atoms with Crippen molar-refractivity contribution in [2.24, 2.45) is 0 Å². The zero-order chi connectivity index (χ0) is 25.1. The molecular formula is C33H24F2N2. The first kappa shape index (κ1) is 22.1. The third-order valence-electron chi connectivity index (χ3n) is 7.88. The van der Waals surface area contributed by atoms with E-state index in [1.54, 1.807) is 6.07 Å². The fraction of sp³-hybridized carbons (Fsp3) is 0.152. The van der Waals surface area contributed by atoms with Gasteiger partial charge in [-0.2, -0.15) is 10.2 Å². The normalized spacial score (nSPS) is 16.8. The van der Waals surface area contributed by atoms with Crippen molar-refractivity contribution in [2.45, 2.75) is 32.1 Å². The van der Waals surface area contributed by atoms with Gasteiger partial charge in [0.05, 0.1) is 11.2 Å². The molecule has 0 amide bonds. The number of rotatable bonds is 2. The van der Waals surface area contributed by atoms with Crippen molar-refractivity contribution in [3.05, 3.63) is 125 Å². The highest BCUT2D eigenvalue weighted by atomic mass is 19.2. The maximum absolute atomic E-state index is 14.0. The van der Waals surface area contributed by atoms with Crippen LogP contribution in [-0.4, -0.2) is 10.2 Å². The van der Waals surface area contributed by atoms with E-state index in [-0.39, 0.29) is 5.92 Å². The molecule has 1 heterocycles. The highest BCUT2D eigenvalue weighted by Gasteiger charge is 2.31. The Balaban J connectivity index is 1.41. The lowest BCUT2D eigenvalue weighted by atomic mass is 9.72. The van der Waals surface area contributed by atoms with Gasteiger partial charge >= 0.3 is 0 Å². The lowest BCUT2D eigenvalue weighted by molar-refractivity contribution is 0.509. The van der Waals surface area contributed by atoms with Crippen molar-refractivity contribution in [3.8, 4) is 11.1 Å². The molecule has 5 aromatic rings. The SMILES string of the molecule is Cc1cc(-c2ccc(F)c(F)c2)cc2ccc3c(c12)CC(c1cc2ccccc2nn1)C1=C3C=CCC1. The Morgan fingerprint density at radius 2 is 1.70 bits per heavy atom. The number of allylic oxidation sites excluding steroid dienone is 4. The summed E-state index contributed by atoms with van der Waals surface area (Å²) >= 11 is 0. The van der Waals surface area contributed by atoms with Crippen LogP contribution in [0.5, 0.6) is 0 Å². The first-order valence-electron chi connectivity index (χ1n) is 12.7. The highest BCUT2D eigenvalue weighted by Crippen LogP contribution is 2.47. The largest absolute Gasteiger partial charge is 0.204 e. The molecular weight excluding hydrogens is 462 g/mol. The summed E-state index contributed by atoms with van der Waals surface area (Å²) in [5.41, 5.74) is 9.95. The third kappa shape index (κ3) is 3.59. The topological polar surface area (TPSA) is 25.8 Å². The van der Waals surface area contributed by atoms with Crippen LogP contribution in [0.3, 0.4) is 0 Å². The molecule has 1 aromatic heterocycles. The van der Waals surface area contributed by atoms with Gasteiger partial charge in [-0.25, -0.2) is 8.78 Å². The number of hydrogen-bond donors (Lipinski definition) is 0. The van der Waals surface area contributed by atoms with Crippen molar-refractivity contribution in [1.29, 1.82) is 0 Å². The molecule has 2 aliphatic carbocycles. The maximum Gasteiger partial charge on any atom is 0.159 e. The van der Waals surface area contributed by atoms with Gasteiger partial charge in [0.25, 0.3) is 0 Å². The Labute approximate surface area is 214 Å².